The lowest BCUT2D eigenvalue weighted by molar-refractivity contribution is 0.0938. The van der Waals surface area contributed by atoms with E-state index in [1.165, 1.54) is 19.2 Å². The van der Waals surface area contributed by atoms with Crippen molar-refractivity contribution in [2.75, 3.05) is 5.75 Å². The van der Waals surface area contributed by atoms with Crippen molar-refractivity contribution < 1.29 is 4.79 Å². The smallest absolute Gasteiger partial charge is 0.254 e. The molecule has 0 saturated heterocycles. The van der Waals surface area contributed by atoms with Gasteiger partial charge in [0.1, 0.15) is 6.33 Å². The van der Waals surface area contributed by atoms with Crippen LogP contribution in [0.15, 0.2) is 18.7 Å². The molecule has 1 amide bonds. The van der Waals surface area contributed by atoms with Crippen LogP contribution in [0, 0.1) is 0 Å². The summed E-state index contributed by atoms with van der Waals surface area (Å²) in [6.45, 7) is 2.16. The number of carbonyl (C=O) groups excluding carboxylic acids is 1. The van der Waals surface area contributed by atoms with Crippen molar-refractivity contribution in [1.82, 2.24) is 15.3 Å². The van der Waals surface area contributed by atoms with Crippen molar-refractivity contribution in [3.63, 3.8) is 0 Å². The Hall–Kier alpha value is -1.10. The van der Waals surface area contributed by atoms with Crippen LogP contribution in [0.2, 0.25) is 0 Å². The van der Waals surface area contributed by atoms with Crippen LogP contribution in [0.4, 0.5) is 0 Å². The number of aromatic nitrogens is 2. The Morgan fingerprint density at radius 1 is 1.47 bits per heavy atom. The van der Waals surface area contributed by atoms with Crippen molar-refractivity contribution in [3.8, 4) is 0 Å². The third-order valence-corrected chi connectivity index (χ3v) is 4.30. The van der Waals surface area contributed by atoms with Crippen molar-refractivity contribution in [1.29, 1.82) is 0 Å². The topological polar surface area (TPSA) is 54.9 Å². The zero-order chi connectivity index (χ0) is 12.1. The van der Waals surface area contributed by atoms with Crippen LogP contribution in [-0.4, -0.2) is 32.9 Å². The van der Waals surface area contributed by atoms with Gasteiger partial charge in [0.25, 0.3) is 5.91 Å². The molecule has 1 aliphatic carbocycles. The molecule has 0 radical (unpaired) electrons. The third kappa shape index (κ3) is 3.19. The Morgan fingerprint density at radius 3 is 2.94 bits per heavy atom. The van der Waals surface area contributed by atoms with Gasteiger partial charge in [-0.1, -0.05) is 13.3 Å². The average Bonchev–Trinajstić information content (AvgIpc) is 2.78. The predicted octanol–water partition coefficient (Wildman–Crippen LogP) is 1.88. The van der Waals surface area contributed by atoms with Crippen LogP contribution in [-0.2, 0) is 0 Å². The highest BCUT2D eigenvalue weighted by Gasteiger charge is 2.28. The van der Waals surface area contributed by atoms with E-state index in [4.69, 9.17) is 0 Å². The molecule has 17 heavy (non-hydrogen) atoms. The SMILES string of the molecule is CCSC1CCCC1NC(=O)c1cncnc1. The number of hydrogen-bond acceptors (Lipinski definition) is 4. The summed E-state index contributed by atoms with van der Waals surface area (Å²) in [7, 11) is 0. The summed E-state index contributed by atoms with van der Waals surface area (Å²) in [5, 5.41) is 3.65. The number of hydrogen-bond donors (Lipinski definition) is 1. The first kappa shape index (κ1) is 12.4. The maximum atomic E-state index is 12.0. The first-order valence-corrected chi connectivity index (χ1v) is 7.03. The van der Waals surface area contributed by atoms with Crippen LogP contribution in [0.3, 0.4) is 0 Å². The molecule has 1 aromatic heterocycles. The molecule has 5 heteroatoms. The maximum absolute atomic E-state index is 12.0. The highest BCUT2D eigenvalue weighted by atomic mass is 32.2. The molecule has 1 N–H and O–H groups in total. The fourth-order valence-corrected chi connectivity index (χ4v) is 3.37. The van der Waals surface area contributed by atoms with Gasteiger partial charge in [0.15, 0.2) is 0 Å². The number of carbonyl (C=O) groups is 1. The van der Waals surface area contributed by atoms with Gasteiger partial charge in [-0.25, -0.2) is 9.97 Å². The molecule has 0 spiro atoms. The summed E-state index contributed by atoms with van der Waals surface area (Å²) in [4.78, 5) is 19.7. The van der Waals surface area contributed by atoms with Gasteiger partial charge < -0.3 is 5.32 Å². The van der Waals surface area contributed by atoms with Gasteiger partial charge in [0.05, 0.1) is 5.56 Å². The van der Waals surface area contributed by atoms with Crippen LogP contribution < -0.4 is 5.32 Å². The molecule has 92 valence electrons. The first-order valence-electron chi connectivity index (χ1n) is 5.98. The highest BCUT2D eigenvalue weighted by Crippen LogP contribution is 2.29. The van der Waals surface area contributed by atoms with Gasteiger partial charge in [-0.3, -0.25) is 4.79 Å². The first-order chi connectivity index (χ1) is 8.31. The van der Waals surface area contributed by atoms with E-state index in [0.717, 1.165) is 12.2 Å². The molecule has 1 aliphatic rings. The Morgan fingerprint density at radius 2 is 2.24 bits per heavy atom. The lowest BCUT2D eigenvalue weighted by atomic mass is 10.2. The quantitative estimate of drug-likeness (QED) is 0.887. The molecule has 2 rings (SSSR count). The predicted molar refractivity (Wildman–Crippen MR) is 69.1 cm³/mol. The van der Waals surface area contributed by atoms with Crippen molar-refractivity contribution in [2.24, 2.45) is 0 Å². The van der Waals surface area contributed by atoms with Crippen molar-refractivity contribution >= 4 is 17.7 Å². The summed E-state index contributed by atoms with van der Waals surface area (Å²) >= 11 is 1.94. The molecule has 2 unspecified atom stereocenters. The monoisotopic (exact) mass is 251 g/mol. The average molecular weight is 251 g/mol. The van der Waals surface area contributed by atoms with Gasteiger partial charge in [-0.2, -0.15) is 11.8 Å². The Kier molecular flexibility index (Phi) is 4.36. The Bertz CT molecular complexity index is 371. The van der Waals surface area contributed by atoms with E-state index in [0.29, 0.717) is 16.9 Å². The molecule has 0 aromatic carbocycles. The summed E-state index contributed by atoms with van der Waals surface area (Å²) < 4.78 is 0. The number of rotatable bonds is 4. The fraction of sp³-hybridized carbons (Fsp3) is 0.583. The highest BCUT2D eigenvalue weighted by molar-refractivity contribution is 7.99. The minimum Gasteiger partial charge on any atom is -0.348 e. The molecule has 2 atom stereocenters. The minimum absolute atomic E-state index is 0.0563. The fourth-order valence-electron chi connectivity index (χ4n) is 2.17. The van der Waals surface area contributed by atoms with Gasteiger partial charge in [-0.05, 0) is 18.6 Å². The second kappa shape index (κ2) is 6.00. The van der Waals surface area contributed by atoms with Crippen LogP contribution in [0.5, 0.6) is 0 Å². The summed E-state index contributed by atoms with van der Waals surface area (Å²) in [6, 6.07) is 0.299. The lowest BCUT2D eigenvalue weighted by Gasteiger charge is -2.19. The lowest BCUT2D eigenvalue weighted by Crippen LogP contribution is -2.38. The van der Waals surface area contributed by atoms with Gasteiger partial charge in [-0.15, -0.1) is 0 Å². The molecule has 0 bridgehead atoms. The van der Waals surface area contributed by atoms with Gasteiger partial charge in [0, 0.05) is 23.7 Å². The van der Waals surface area contributed by atoms with Gasteiger partial charge in [0.2, 0.25) is 0 Å². The van der Waals surface area contributed by atoms with Crippen LogP contribution in [0.25, 0.3) is 0 Å². The Balaban J connectivity index is 1.94. The number of nitrogens with zero attached hydrogens (tertiary/aromatic N) is 2. The van der Waals surface area contributed by atoms with E-state index in [1.807, 2.05) is 11.8 Å². The zero-order valence-electron chi connectivity index (χ0n) is 9.93. The standard InChI is InChI=1S/C12H17N3OS/c1-2-17-11-5-3-4-10(11)15-12(16)9-6-13-8-14-7-9/h6-8,10-11H,2-5H2,1H3,(H,15,16). The van der Waals surface area contributed by atoms with E-state index < -0.39 is 0 Å². The molecule has 0 aliphatic heterocycles. The summed E-state index contributed by atoms with van der Waals surface area (Å²) in [5.41, 5.74) is 0.541. The van der Waals surface area contributed by atoms with E-state index in [1.54, 1.807) is 12.4 Å². The molecule has 4 nitrogen and oxygen atoms in total. The second-order valence-corrected chi connectivity index (χ2v) is 5.65. The largest absolute Gasteiger partial charge is 0.348 e. The summed E-state index contributed by atoms with van der Waals surface area (Å²) in [6.07, 6.45) is 8.03. The molecule has 1 fully saturated rings. The number of nitrogens with one attached hydrogen (secondary N) is 1. The normalized spacial score (nSPS) is 23.6. The molecular weight excluding hydrogens is 234 g/mol. The van der Waals surface area contributed by atoms with Crippen molar-refractivity contribution in [3.05, 3.63) is 24.3 Å². The van der Waals surface area contributed by atoms with E-state index >= 15 is 0 Å². The molecule has 1 heterocycles. The van der Waals surface area contributed by atoms with E-state index in [9.17, 15) is 4.79 Å². The Labute approximate surface area is 106 Å². The molecular formula is C12H17N3OS. The number of thioether (sulfide) groups is 1. The molecule has 1 saturated carbocycles. The van der Waals surface area contributed by atoms with E-state index in [-0.39, 0.29) is 5.91 Å². The van der Waals surface area contributed by atoms with Gasteiger partial charge >= 0.3 is 0 Å². The second-order valence-electron chi connectivity index (χ2n) is 4.13. The third-order valence-electron chi connectivity index (χ3n) is 2.97. The van der Waals surface area contributed by atoms with E-state index in [2.05, 4.69) is 22.2 Å². The molecule has 1 aromatic rings. The van der Waals surface area contributed by atoms with Crippen LogP contribution >= 0.6 is 11.8 Å². The number of amides is 1. The van der Waals surface area contributed by atoms with Crippen molar-refractivity contribution in [2.45, 2.75) is 37.5 Å². The maximum Gasteiger partial charge on any atom is 0.254 e. The minimum atomic E-state index is -0.0563. The van der Waals surface area contributed by atoms with Crippen LogP contribution in [0.1, 0.15) is 36.5 Å². The zero-order valence-corrected chi connectivity index (χ0v) is 10.7. The summed E-state index contributed by atoms with van der Waals surface area (Å²) in [5.74, 6) is 1.05.